The Bertz CT molecular complexity index is 1230. The third kappa shape index (κ3) is 5.35. The van der Waals surface area contributed by atoms with Gasteiger partial charge in [0.05, 0.1) is 11.4 Å². The van der Waals surface area contributed by atoms with Gasteiger partial charge in [-0.05, 0) is 19.1 Å². The van der Waals surface area contributed by atoms with Crippen molar-refractivity contribution < 1.29 is 4.79 Å². The van der Waals surface area contributed by atoms with E-state index in [1.165, 1.54) is 28.7 Å². The summed E-state index contributed by atoms with van der Waals surface area (Å²) in [6.45, 7) is 6.44. The number of aromatic nitrogens is 4. The number of rotatable bonds is 8. The minimum Gasteiger partial charge on any atom is -0.301 e. The number of thiazole rings is 1. The maximum absolute atomic E-state index is 12.5. The lowest BCUT2D eigenvalue weighted by Gasteiger charge is -2.08. The van der Waals surface area contributed by atoms with Crippen LogP contribution in [0.15, 0.2) is 76.2 Å². The molecule has 0 spiro atoms. The van der Waals surface area contributed by atoms with E-state index in [0.717, 1.165) is 27.1 Å². The largest absolute Gasteiger partial charge is 0.301 e. The summed E-state index contributed by atoms with van der Waals surface area (Å²) in [5.74, 6) is 0.819. The van der Waals surface area contributed by atoms with E-state index in [4.69, 9.17) is 0 Å². The fraction of sp³-hybridized carbons (Fsp3) is 0.130. The maximum atomic E-state index is 12.5. The molecule has 0 aliphatic rings. The highest BCUT2D eigenvalue weighted by Gasteiger charge is 2.16. The molecule has 2 aromatic heterocycles. The van der Waals surface area contributed by atoms with E-state index in [0.29, 0.717) is 16.8 Å². The summed E-state index contributed by atoms with van der Waals surface area (Å²) in [7, 11) is 0. The van der Waals surface area contributed by atoms with Crippen LogP contribution >= 0.6 is 39.0 Å². The number of carbonyl (C=O) groups excluding carboxylic acids is 1. The third-order valence-electron chi connectivity index (χ3n) is 4.56. The molecule has 4 aromatic rings. The molecule has 0 aliphatic carbocycles. The van der Waals surface area contributed by atoms with E-state index in [-0.39, 0.29) is 11.7 Å². The first-order chi connectivity index (χ1) is 15.5. The second kappa shape index (κ2) is 10.2. The number of amides is 1. The molecule has 162 valence electrons. The summed E-state index contributed by atoms with van der Waals surface area (Å²) in [6.07, 6.45) is 1.80. The molecule has 0 aliphatic heterocycles. The van der Waals surface area contributed by atoms with Crippen LogP contribution in [0.4, 0.5) is 5.13 Å². The first-order valence-electron chi connectivity index (χ1n) is 9.79. The summed E-state index contributed by atoms with van der Waals surface area (Å²) in [4.78, 5) is 17.0. The van der Waals surface area contributed by atoms with Crippen molar-refractivity contribution in [1.82, 2.24) is 19.7 Å². The molecule has 1 amide bonds. The van der Waals surface area contributed by atoms with Crippen molar-refractivity contribution in [2.45, 2.75) is 18.6 Å². The highest BCUT2D eigenvalue weighted by molar-refractivity contribution is 9.10. The molecule has 0 saturated carbocycles. The standard InChI is InChI=1S/C23H20BrN5OS2/c1-3-12-29-21(17-6-4-15(2)5-7-17)27-28-23(29)32-14-20(30)26-22-25-19(13-31-22)16-8-10-18(24)11-9-16/h3-11,13H,1,12,14H2,2H3,(H,25,26,30). The first-order valence-corrected chi connectivity index (χ1v) is 12.4. The predicted molar refractivity (Wildman–Crippen MR) is 135 cm³/mol. The molecule has 4 rings (SSSR count). The lowest BCUT2D eigenvalue weighted by molar-refractivity contribution is -0.113. The number of hydrogen-bond donors (Lipinski definition) is 1. The van der Waals surface area contributed by atoms with Crippen molar-refractivity contribution in [1.29, 1.82) is 0 Å². The number of hydrogen-bond acceptors (Lipinski definition) is 6. The van der Waals surface area contributed by atoms with Crippen molar-refractivity contribution >= 4 is 50.1 Å². The number of nitrogens with one attached hydrogen (secondary N) is 1. The fourth-order valence-corrected chi connectivity index (χ4v) is 4.72. The van der Waals surface area contributed by atoms with Gasteiger partial charge in [-0.1, -0.05) is 75.7 Å². The normalized spacial score (nSPS) is 10.8. The van der Waals surface area contributed by atoms with E-state index in [2.05, 4.69) is 43.0 Å². The highest BCUT2D eigenvalue weighted by Crippen LogP contribution is 2.27. The Morgan fingerprint density at radius 3 is 2.59 bits per heavy atom. The SMILES string of the molecule is C=CCn1c(SCC(=O)Nc2nc(-c3ccc(Br)cc3)cs2)nnc1-c1ccc(C)cc1. The van der Waals surface area contributed by atoms with Crippen LogP contribution in [0, 0.1) is 6.92 Å². The van der Waals surface area contributed by atoms with Gasteiger partial charge in [0.25, 0.3) is 0 Å². The van der Waals surface area contributed by atoms with Crippen molar-refractivity contribution in [2.75, 3.05) is 11.1 Å². The van der Waals surface area contributed by atoms with Gasteiger partial charge < -0.3 is 5.32 Å². The van der Waals surface area contributed by atoms with Gasteiger partial charge in [-0.2, -0.15) is 0 Å². The zero-order valence-electron chi connectivity index (χ0n) is 17.3. The second-order valence-corrected chi connectivity index (χ2v) is 9.67. The van der Waals surface area contributed by atoms with Gasteiger partial charge >= 0.3 is 0 Å². The topological polar surface area (TPSA) is 72.7 Å². The summed E-state index contributed by atoms with van der Waals surface area (Å²) in [5, 5.41) is 14.7. The predicted octanol–water partition coefficient (Wildman–Crippen LogP) is 6.06. The number of carbonyl (C=O) groups is 1. The Balaban J connectivity index is 1.41. The van der Waals surface area contributed by atoms with Gasteiger partial charge in [0.2, 0.25) is 5.91 Å². The summed E-state index contributed by atoms with van der Waals surface area (Å²) < 4.78 is 2.97. The molecule has 9 heteroatoms. The maximum Gasteiger partial charge on any atom is 0.236 e. The van der Waals surface area contributed by atoms with Crippen LogP contribution in [-0.2, 0) is 11.3 Å². The third-order valence-corrected chi connectivity index (χ3v) is 6.81. The minimum absolute atomic E-state index is 0.142. The van der Waals surface area contributed by atoms with Crippen molar-refractivity contribution in [3.63, 3.8) is 0 Å². The Kier molecular flexibility index (Phi) is 7.19. The summed E-state index contributed by atoms with van der Waals surface area (Å²) >= 11 is 6.17. The van der Waals surface area contributed by atoms with Gasteiger partial charge in [-0.15, -0.1) is 28.1 Å². The quantitative estimate of drug-likeness (QED) is 0.223. The van der Waals surface area contributed by atoms with Crippen molar-refractivity contribution in [2.24, 2.45) is 0 Å². The molecule has 2 heterocycles. The molecule has 0 radical (unpaired) electrons. The van der Waals surface area contributed by atoms with Gasteiger partial charge in [0.15, 0.2) is 16.1 Å². The van der Waals surface area contributed by atoms with Crippen molar-refractivity contribution in [3.8, 4) is 22.6 Å². The Morgan fingerprint density at radius 2 is 1.88 bits per heavy atom. The monoisotopic (exact) mass is 525 g/mol. The lowest BCUT2D eigenvalue weighted by atomic mass is 10.1. The molecule has 0 saturated heterocycles. The second-order valence-electron chi connectivity index (χ2n) is 6.95. The summed E-state index contributed by atoms with van der Waals surface area (Å²) in [5.41, 5.74) is 3.99. The zero-order chi connectivity index (χ0) is 22.5. The average Bonchev–Trinajstić information content (AvgIpc) is 3.41. The summed E-state index contributed by atoms with van der Waals surface area (Å²) in [6, 6.07) is 16.0. The molecule has 0 bridgehead atoms. The smallest absolute Gasteiger partial charge is 0.236 e. The molecular formula is C23H20BrN5OS2. The minimum atomic E-state index is -0.142. The number of nitrogens with zero attached hydrogens (tertiary/aromatic N) is 4. The van der Waals surface area contributed by atoms with Gasteiger partial charge in [0, 0.05) is 27.5 Å². The molecule has 32 heavy (non-hydrogen) atoms. The molecule has 0 fully saturated rings. The van der Waals surface area contributed by atoms with Gasteiger partial charge in [0.1, 0.15) is 0 Å². The Morgan fingerprint density at radius 1 is 1.16 bits per heavy atom. The molecule has 6 nitrogen and oxygen atoms in total. The highest BCUT2D eigenvalue weighted by atomic mass is 79.9. The molecule has 0 atom stereocenters. The van der Waals surface area contributed by atoms with Crippen LogP contribution in [0.1, 0.15) is 5.56 Å². The number of thioether (sulfide) groups is 1. The number of anilines is 1. The lowest BCUT2D eigenvalue weighted by Crippen LogP contribution is -2.14. The van der Waals surface area contributed by atoms with E-state index in [9.17, 15) is 4.79 Å². The van der Waals surface area contributed by atoms with E-state index in [1.807, 2.05) is 65.4 Å². The number of allylic oxidation sites excluding steroid dienone is 1. The van der Waals surface area contributed by atoms with Gasteiger partial charge in [-0.25, -0.2) is 4.98 Å². The van der Waals surface area contributed by atoms with E-state index < -0.39 is 0 Å². The van der Waals surface area contributed by atoms with Crippen LogP contribution < -0.4 is 5.32 Å². The van der Waals surface area contributed by atoms with Crippen LogP contribution in [0.3, 0.4) is 0 Å². The van der Waals surface area contributed by atoms with E-state index >= 15 is 0 Å². The molecule has 0 unspecified atom stereocenters. The Hall–Kier alpha value is -2.75. The molecule has 2 aromatic carbocycles. The number of halogens is 1. The number of aryl methyl sites for hydroxylation is 1. The van der Waals surface area contributed by atoms with Crippen LogP contribution in [0.2, 0.25) is 0 Å². The van der Waals surface area contributed by atoms with Gasteiger partial charge in [-0.3, -0.25) is 9.36 Å². The fourth-order valence-electron chi connectivity index (χ4n) is 2.98. The molecular weight excluding hydrogens is 506 g/mol. The van der Waals surface area contributed by atoms with Crippen LogP contribution in [-0.4, -0.2) is 31.4 Å². The van der Waals surface area contributed by atoms with Crippen LogP contribution in [0.25, 0.3) is 22.6 Å². The van der Waals surface area contributed by atoms with Crippen molar-refractivity contribution in [3.05, 3.63) is 76.6 Å². The average molecular weight is 526 g/mol. The zero-order valence-corrected chi connectivity index (χ0v) is 20.5. The van der Waals surface area contributed by atoms with Crippen LogP contribution in [0.5, 0.6) is 0 Å². The Labute approximate surface area is 202 Å². The first kappa shape index (κ1) is 22.4. The molecule has 1 N–H and O–H groups in total. The number of benzene rings is 2. The van der Waals surface area contributed by atoms with E-state index in [1.54, 1.807) is 6.08 Å².